The number of nitrogens with zero attached hydrogens (tertiary/aromatic N) is 2. The van der Waals surface area contributed by atoms with Gasteiger partial charge in [0.2, 0.25) is 5.91 Å². The number of carbonyl (C=O) groups is 1. The number of nitriles is 1. The Morgan fingerprint density at radius 1 is 1.45 bits per heavy atom. The van der Waals surface area contributed by atoms with Crippen molar-refractivity contribution in [2.45, 2.75) is 64.5 Å². The second-order valence-corrected chi connectivity index (χ2v) is 7.15. The highest BCUT2D eigenvalue weighted by atomic mass is 35.5. The molecular formula is C16H31ClN4O. The molecule has 0 spiro atoms. The minimum atomic E-state index is -0.735. The smallest absolute Gasteiger partial charge is 0.238 e. The van der Waals surface area contributed by atoms with Gasteiger partial charge in [-0.3, -0.25) is 4.79 Å². The quantitative estimate of drug-likeness (QED) is 0.781. The lowest BCUT2D eigenvalue weighted by molar-refractivity contribution is -0.124. The second kappa shape index (κ2) is 8.71. The summed E-state index contributed by atoms with van der Waals surface area (Å²) in [5, 5.41) is 12.3. The van der Waals surface area contributed by atoms with E-state index in [0.717, 1.165) is 25.9 Å². The molecule has 0 aromatic heterocycles. The maximum Gasteiger partial charge on any atom is 0.238 e. The lowest BCUT2D eigenvalue weighted by Gasteiger charge is -2.36. The number of nitrogens with two attached hydrogens (primary N) is 1. The average molecular weight is 331 g/mol. The first-order valence-electron chi connectivity index (χ1n) is 7.91. The Balaban J connectivity index is 0.00000441. The first-order valence-corrected chi connectivity index (χ1v) is 7.91. The molecule has 1 rings (SSSR count). The van der Waals surface area contributed by atoms with Gasteiger partial charge in [-0.15, -0.1) is 12.4 Å². The van der Waals surface area contributed by atoms with Gasteiger partial charge in [0.15, 0.2) is 0 Å². The Bertz CT molecular complexity index is 397. The van der Waals surface area contributed by atoms with E-state index in [4.69, 9.17) is 5.73 Å². The Morgan fingerprint density at radius 2 is 2.00 bits per heavy atom. The number of hydrogen-bond acceptors (Lipinski definition) is 4. The Labute approximate surface area is 141 Å². The van der Waals surface area contributed by atoms with E-state index < -0.39 is 11.6 Å². The maximum atomic E-state index is 12.3. The Kier molecular flexibility index (Phi) is 8.38. The van der Waals surface area contributed by atoms with E-state index in [0.29, 0.717) is 19.3 Å². The number of amides is 1. The molecule has 1 amide bonds. The van der Waals surface area contributed by atoms with Crippen LogP contribution in [0.1, 0.15) is 52.9 Å². The van der Waals surface area contributed by atoms with Gasteiger partial charge in [0.05, 0.1) is 12.1 Å². The lowest BCUT2D eigenvalue weighted by Crippen LogP contribution is -2.57. The molecule has 1 aliphatic rings. The summed E-state index contributed by atoms with van der Waals surface area (Å²) in [7, 11) is 2.03. The van der Waals surface area contributed by atoms with Crippen LogP contribution in [0.15, 0.2) is 0 Å². The molecule has 5 nitrogen and oxygen atoms in total. The predicted octanol–water partition coefficient (Wildman–Crippen LogP) is 2.06. The van der Waals surface area contributed by atoms with E-state index >= 15 is 0 Å². The van der Waals surface area contributed by atoms with Gasteiger partial charge in [-0.2, -0.15) is 5.26 Å². The van der Waals surface area contributed by atoms with Crippen LogP contribution in [0, 0.1) is 16.7 Å². The zero-order valence-corrected chi connectivity index (χ0v) is 15.1. The molecule has 1 aliphatic heterocycles. The van der Waals surface area contributed by atoms with Gasteiger partial charge in [-0.05, 0) is 38.1 Å². The first kappa shape index (κ1) is 21.2. The Hall–Kier alpha value is -0.830. The van der Waals surface area contributed by atoms with Crippen molar-refractivity contribution in [1.29, 1.82) is 5.26 Å². The van der Waals surface area contributed by atoms with Crippen LogP contribution in [0.25, 0.3) is 0 Å². The maximum absolute atomic E-state index is 12.3. The van der Waals surface area contributed by atoms with Crippen LogP contribution in [-0.4, -0.2) is 42.5 Å². The highest BCUT2D eigenvalue weighted by Crippen LogP contribution is 2.27. The topological polar surface area (TPSA) is 82.1 Å². The van der Waals surface area contributed by atoms with Gasteiger partial charge in [0.1, 0.15) is 5.54 Å². The molecule has 0 unspecified atom stereocenters. The van der Waals surface area contributed by atoms with Crippen molar-refractivity contribution in [1.82, 2.24) is 10.2 Å². The number of halogens is 1. The van der Waals surface area contributed by atoms with Gasteiger partial charge in [-0.1, -0.05) is 27.2 Å². The van der Waals surface area contributed by atoms with Crippen LogP contribution in [0.3, 0.4) is 0 Å². The fraction of sp³-hybridized carbons (Fsp3) is 0.875. The van der Waals surface area contributed by atoms with E-state index in [1.807, 2.05) is 7.05 Å². The number of hydrogen-bond donors (Lipinski definition) is 2. The monoisotopic (exact) mass is 330 g/mol. The number of likely N-dealkylation sites (tertiary alicyclic amines) is 1. The molecule has 0 aromatic rings. The second-order valence-electron chi connectivity index (χ2n) is 7.15. The summed E-state index contributed by atoms with van der Waals surface area (Å²) in [6.07, 6.45) is 3.97. The fourth-order valence-corrected chi connectivity index (χ4v) is 2.45. The first-order chi connectivity index (χ1) is 9.73. The van der Waals surface area contributed by atoms with Crippen LogP contribution in [0.4, 0.5) is 0 Å². The van der Waals surface area contributed by atoms with Gasteiger partial charge >= 0.3 is 0 Å². The molecule has 1 heterocycles. The van der Waals surface area contributed by atoms with E-state index in [1.165, 1.54) is 0 Å². The molecule has 0 aromatic carbocycles. The average Bonchev–Trinajstić information content (AvgIpc) is 2.47. The minimum Gasteiger partial charge on any atom is -0.336 e. The Morgan fingerprint density at radius 3 is 2.45 bits per heavy atom. The molecule has 1 saturated heterocycles. The van der Waals surface area contributed by atoms with Gasteiger partial charge in [0, 0.05) is 13.1 Å². The molecule has 1 atom stereocenters. The third-order valence-electron chi connectivity index (χ3n) is 4.84. The van der Waals surface area contributed by atoms with Crippen molar-refractivity contribution >= 4 is 18.3 Å². The van der Waals surface area contributed by atoms with Crippen LogP contribution < -0.4 is 11.1 Å². The van der Waals surface area contributed by atoms with Crippen LogP contribution in [0.5, 0.6) is 0 Å². The predicted molar refractivity (Wildman–Crippen MR) is 91.7 cm³/mol. The summed E-state index contributed by atoms with van der Waals surface area (Å²) < 4.78 is 0. The van der Waals surface area contributed by atoms with Gasteiger partial charge in [-0.25, -0.2) is 0 Å². The van der Waals surface area contributed by atoms with E-state index in [2.05, 4.69) is 37.1 Å². The summed E-state index contributed by atoms with van der Waals surface area (Å²) >= 11 is 0. The molecule has 0 saturated carbocycles. The zero-order valence-electron chi connectivity index (χ0n) is 14.3. The highest BCUT2D eigenvalue weighted by molar-refractivity contribution is 5.85. The van der Waals surface area contributed by atoms with Crippen molar-refractivity contribution in [2.75, 3.05) is 20.1 Å². The fourth-order valence-electron chi connectivity index (χ4n) is 2.45. The largest absolute Gasteiger partial charge is 0.336 e. The van der Waals surface area contributed by atoms with Crippen LogP contribution in [-0.2, 0) is 4.79 Å². The summed E-state index contributed by atoms with van der Waals surface area (Å²) in [6.45, 7) is 8.17. The number of carbonyl (C=O) groups excluding carboxylic acids is 1. The van der Waals surface area contributed by atoms with Gasteiger partial charge in [0.25, 0.3) is 0 Å². The van der Waals surface area contributed by atoms with E-state index in [1.54, 1.807) is 0 Å². The van der Waals surface area contributed by atoms with Crippen molar-refractivity contribution in [3.63, 3.8) is 0 Å². The van der Waals surface area contributed by atoms with Crippen LogP contribution in [0.2, 0.25) is 0 Å². The zero-order chi connectivity index (χ0) is 16.1. The minimum absolute atomic E-state index is 0. The molecule has 6 heteroatoms. The molecule has 3 N–H and O–H groups in total. The lowest BCUT2D eigenvalue weighted by atomic mass is 9.83. The molecule has 22 heavy (non-hydrogen) atoms. The van der Waals surface area contributed by atoms with E-state index in [9.17, 15) is 10.1 Å². The third kappa shape index (κ3) is 6.12. The molecular weight excluding hydrogens is 300 g/mol. The SMILES string of the molecule is CCC(C)(C)CC[C@H](N)C(=O)NC1(C#N)CCN(C)CC1.Cl. The van der Waals surface area contributed by atoms with Crippen molar-refractivity contribution in [3.05, 3.63) is 0 Å². The summed E-state index contributed by atoms with van der Waals surface area (Å²) in [5.74, 6) is -0.187. The third-order valence-corrected chi connectivity index (χ3v) is 4.84. The highest BCUT2D eigenvalue weighted by Gasteiger charge is 2.36. The van der Waals surface area contributed by atoms with Gasteiger partial charge < -0.3 is 16.0 Å². The van der Waals surface area contributed by atoms with E-state index in [-0.39, 0.29) is 23.7 Å². The number of rotatable bonds is 6. The van der Waals surface area contributed by atoms with Crippen LogP contribution >= 0.6 is 12.4 Å². The molecule has 0 bridgehead atoms. The number of nitrogens with one attached hydrogen (secondary N) is 1. The van der Waals surface area contributed by atoms with Crippen molar-refractivity contribution < 1.29 is 4.79 Å². The number of piperidine rings is 1. The summed E-state index contributed by atoms with van der Waals surface area (Å²) in [6, 6.07) is 1.77. The standard InChI is InChI=1S/C16H30N4O.ClH/c1-5-15(2,3)7-6-13(18)14(21)19-16(12-17)8-10-20(4)11-9-16;/h13H,5-11,18H2,1-4H3,(H,19,21);1H/t13-;/m0./s1. The normalized spacial score (nSPS) is 19.6. The summed E-state index contributed by atoms with van der Waals surface area (Å²) in [4.78, 5) is 14.4. The molecule has 1 fully saturated rings. The molecule has 0 aliphatic carbocycles. The molecule has 128 valence electrons. The van der Waals surface area contributed by atoms with Crippen molar-refractivity contribution in [3.8, 4) is 6.07 Å². The van der Waals surface area contributed by atoms with Crippen molar-refractivity contribution in [2.24, 2.45) is 11.1 Å². The molecule has 0 radical (unpaired) electrons. The summed E-state index contributed by atoms with van der Waals surface area (Å²) in [5.41, 5.74) is 5.48.